The van der Waals surface area contributed by atoms with Gasteiger partial charge in [0.1, 0.15) is 11.0 Å². The highest BCUT2D eigenvalue weighted by Gasteiger charge is 2.21. The second-order valence-electron chi connectivity index (χ2n) is 6.33. The molecule has 1 heterocycles. The van der Waals surface area contributed by atoms with Crippen LogP contribution >= 0.6 is 11.6 Å². The summed E-state index contributed by atoms with van der Waals surface area (Å²) in [5.41, 5.74) is 3.90. The van der Waals surface area contributed by atoms with Crippen LogP contribution in [0.3, 0.4) is 0 Å². The molecule has 26 heavy (non-hydrogen) atoms. The van der Waals surface area contributed by atoms with Gasteiger partial charge in [-0.1, -0.05) is 47.5 Å². The molecule has 0 saturated carbocycles. The predicted octanol–water partition coefficient (Wildman–Crippen LogP) is 4.90. The molecule has 0 aliphatic carbocycles. The molecule has 0 unspecified atom stereocenters. The summed E-state index contributed by atoms with van der Waals surface area (Å²) in [6, 6.07) is 12.5. The third-order valence-corrected chi connectivity index (χ3v) is 4.50. The maximum atomic E-state index is 13.9. The highest BCUT2D eigenvalue weighted by Crippen LogP contribution is 2.24. The predicted molar refractivity (Wildman–Crippen MR) is 101 cm³/mol. The fourth-order valence-electron chi connectivity index (χ4n) is 2.70. The highest BCUT2D eigenvalue weighted by molar-refractivity contribution is 6.33. The molecule has 134 valence electrons. The van der Waals surface area contributed by atoms with Gasteiger partial charge in [-0.2, -0.15) is 5.10 Å². The number of aryl methyl sites for hydroxylation is 3. The van der Waals surface area contributed by atoms with Crippen LogP contribution in [0.25, 0.3) is 0 Å². The molecule has 0 fully saturated rings. The van der Waals surface area contributed by atoms with Crippen LogP contribution in [0.2, 0.25) is 5.15 Å². The summed E-state index contributed by atoms with van der Waals surface area (Å²) in [5, 5.41) is 7.17. The fraction of sp³-hybridized carbons (Fsp3) is 0.200. The number of halogens is 2. The number of hydrogen-bond acceptors (Lipinski definition) is 2. The molecule has 3 rings (SSSR count). The van der Waals surface area contributed by atoms with Crippen molar-refractivity contribution in [2.45, 2.75) is 27.3 Å². The zero-order valence-electron chi connectivity index (χ0n) is 14.8. The largest absolute Gasteiger partial charge is 0.319 e. The molecule has 1 aromatic heterocycles. The monoisotopic (exact) mass is 371 g/mol. The molecule has 0 radical (unpaired) electrons. The maximum Gasteiger partial charge on any atom is 0.260 e. The normalized spacial score (nSPS) is 10.8. The molecule has 0 spiro atoms. The van der Waals surface area contributed by atoms with Gasteiger partial charge in [-0.05, 0) is 44.0 Å². The third kappa shape index (κ3) is 3.78. The summed E-state index contributed by atoms with van der Waals surface area (Å²) in [6.07, 6.45) is 0. The van der Waals surface area contributed by atoms with Crippen LogP contribution in [0.4, 0.5) is 10.1 Å². The van der Waals surface area contributed by atoms with E-state index in [1.165, 1.54) is 6.07 Å². The van der Waals surface area contributed by atoms with Crippen molar-refractivity contribution in [2.75, 3.05) is 5.32 Å². The van der Waals surface area contributed by atoms with E-state index >= 15 is 0 Å². The number of amides is 1. The van der Waals surface area contributed by atoms with Crippen molar-refractivity contribution in [3.63, 3.8) is 0 Å². The summed E-state index contributed by atoms with van der Waals surface area (Å²) in [6.45, 7) is 6.00. The minimum absolute atomic E-state index is 0.122. The zero-order valence-corrected chi connectivity index (χ0v) is 15.6. The molecule has 2 aromatic carbocycles. The Labute approximate surface area is 156 Å². The molecule has 1 amide bonds. The number of carbonyl (C=O) groups is 1. The Kier molecular flexibility index (Phi) is 5.09. The molecule has 3 aromatic rings. The summed E-state index contributed by atoms with van der Waals surface area (Å²) >= 11 is 6.39. The van der Waals surface area contributed by atoms with Crippen LogP contribution in [0.1, 0.15) is 32.7 Å². The molecular formula is C20H19ClFN3O. The molecule has 4 nitrogen and oxygen atoms in total. The zero-order chi connectivity index (χ0) is 18.8. The van der Waals surface area contributed by atoms with Crippen LogP contribution in [0.15, 0.2) is 42.5 Å². The van der Waals surface area contributed by atoms with E-state index in [-0.39, 0.29) is 16.4 Å². The van der Waals surface area contributed by atoms with Crippen molar-refractivity contribution >= 4 is 23.2 Å². The van der Waals surface area contributed by atoms with Crippen molar-refractivity contribution in [3.8, 4) is 0 Å². The second-order valence-corrected chi connectivity index (χ2v) is 6.69. The first-order valence-corrected chi connectivity index (χ1v) is 8.59. The van der Waals surface area contributed by atoms with Crippen LogP contribution < -0.4 is 5.32 Å². The average Bonchev–Trinajstić information content (AvgIpc) is 2.87. The van der Waals surface area contributed by atoms with E-state index < -0.39 is 11.7 Å². The smallest absolute Gasteiger partial charge is 0.260 e. The first kappa shape index (κ1) is 18.1. The van der Waals surface area contributed by atoms with Gasteiger partial charge in [-0.3, -0.25) is 4.79 Å². The minimum Gasteiger partial charge on any atom is -0.319 e. The SMILES string of the molecule is Cc1ccc(Cn2nc(C)c(C(=O)Nc3cc(C)ccc3F)c2Cl)cc1. The average molecular weight is 372 g/mol. The molecule has 0 bridgehead atoms. The van der Waals surface area contributed by atoms with Crippen LogP contribution in [0.5, 0.6) is 0 Å². The molecule has 6 heteroatoms. The molecule has 1 N–H and O–H groups in total. The van der Waals surface area contributed by atoms with Gasteiger partial charge in [0.2, 0.25) is 0 Å². The number of benzene rings is 2. The van der Waals surface area contributed by atoms with Gasteiger partial charge in [0.05, 0.1) is 23.5 Å². The van der Waals surface area contributed by atoms with Gasteiger partial charge in [0.25, 0.3) is 5.91 Å². The van der Waals surface area contributed by atoms with Gasteiger partial charge < -0.3 is 5.32 Å². The number of anilines is 1. The van der Waals surface area contributed by atoms with Gasteiger partial charge in [0, 0.05) is 0 Å². The van der Waals surface area contributed by atoms with Crippen LogP contribution in [-0.4, -0.2) is 15.7 Å². The number of hydrogen-bond donors (Lipinski definition) is 1. The van der Waals surface area contributed by atoms with E-state index in [4.69, 9.17) is 11.6 Å². The van der Waals surface area contributed by atoms with Crippen LogP contribution in [-0.2, 0) is 6.54 Å². The van der Waals surface area contributed by atoms with Gasteiger partial charge in [-0.15, -0.1) is 0 Å². The molecule has 0 atom stereocenters. The topological polar surface area (TPSA) is 46.9 Å². The van der Waals surface area contributed by atoms with Crippen molar-refractivity contribution < 1.29 is 9.18 Å². The van der Waals surface area contributed by atoms with E-state index in [2.05, 4.69) is 10.4 Å². The quantitative estimate of drug-likeness (QED) is 0.708. The lowest BCUT2D eigenvalue weighted by Gasteiger charge is -2.08. The van der Waals surface area contributed by atoms with Gasteiger partial charge >= 0.3 is 0 Å². The van der Waals surface area contributed by atoms with E-state index in [1.54, 1.807) is 23.7 Å². The summed E-state index contributed by atoms with van der Waals surface area (Å²) in [5.74, 6) is -0.975. The Morgan fingerprint density at radius 3 is 2.46 bits per heavy atom. The van der Waals surface area contributed by atoms with E-state index in [1.807, 2.05) is 38.1 Å². The lowest BCUT2D eigenvalue weighted by atomic mass is 10.1. The number of aromatic nitrogens is 2. The number of nitrogens with one attached hydrogen (secondary N) is 1. The van der Waals surface area contributed by atoms with Crippen molar-refractivity contribution in [1.29, 1.82) is 0 Å². The van der Waals surface area contributed by atoms with Crippen molar-refractivity contribution in [3.05, 3.63) is 81.4 Å². The molecule has 0 aliphatic rings. The molecule has 0 aliphatic heterocycles. The Morgan fingerprint density at radius 1 is 1.12 bits per heavy atom. The Balaban J connectivity index is 1.86. The van der Waals surface area contributed by atoms with Gasteiger partial charge in [-0.25, -0.2) is 9.07 Å². The number of carbonyl (C=O) groups excluding carboxylic acids is 1. The highest BCUT2D eigenvalue weighted by atomic mass is 35.5. The molecule has 0 saturated heterocycles. The van der Waals surface area contributed by atoms with E-state index in [0.717, 1.165) is 16.7 Å². The number of nitrogens with zero attached hydrogens (tertiary/aromatic N) is 2. The summed E-state index contributed by atoms with van der Waals surface area (Å²) in [7, 11) is 0. The van der Waals surface area contributed by atoms with Crippen molar-refractivity contribution in [2.24, 2.45) is 0 Å². The second kappa shape index (κ2) is 7.30. The fourth-order valence-corrected chi connectivity index (χ4v) is 3.02. The first-order chi connectivity index (χ1) is 12.3. The lowest BCUT2D eigenvalue weighted by Crippen LogP contribution is -2.14. The third-order valence-electron chi connectivity index (χ3n) is 4.12. The Morgan fingerprint density at radius 2 is 1.77 bits per heavy atom. The summed E-state index contributed by atoms with van der Waals surface area (Å²) < 4.78 is 15.5. The van der Waals surface area contributed by atoms with E-state index in [0.29, 0.717) is 12.2 Å². The van der Waals surface area contributed by atoms with Crippen LogP contribution in [0, 0.1) is 26.6 Å². The van der Waals surface area contributed by atoms with Gasteiger partial charge in [0.15, 0.2) is 0 Å². The first-order valence-electron chi connectivity index (χ1n) is 8.21. The summed E-state index contributed by atoms with van der Waals surface area (Å²) in [4.78, 5) is 12.6. The number of rotatable bonds is 4. The minimum atomic E-state index is -0.496. The Bertz CT molecular complexity index is 964. The lowest BCUT2D eigenvalue weighted by molar-refractivity contribution is 0.102. The maximum absolute atomic E-state index is 13.9. The Hall–Kier alpha value is -2.66. The molecular weight excluding hydrogens is 353 g/mol. The van der Waals surface area contributed by atoms with Crippen molar-refractivity contribution in [1.82, 2.24) is 9.78 Å². The van der Waals surface area contributed by atoms with E-state index in [9.17, 15) is 9.18 Å². The standard InChI is InChI=1S/C20H19ClFN3O/c1-12-4-7-15(8-5-12)11-25-19(21)18(14(3)24-25)20(26)23-17-10-13(2)6-9-16(17)22/h4-10H,11H2,1-3H3,(H,23,26).